The van der Waals surface area contributed by atoms with Crippen LogP contribution in [0.2, 0.25) is 0 Å². The number of nitrogens with one attached hydrogen (secondary N) is 2. The van der Waals surface area contributed by atoms with E-state index in [9.17, 15) is 0 Å². The lowest BCUT2D eigenvalue weighted by Crippen LogP contribution is -2.49. The van der Waals surface area contributed by atoms with Crippen LogP contribution in [0.15, 0.2) is 12.7 Å². The Morgan fingerprint density at radius 2 is 1.00 bits per heavy atom. The van der Waals surface area contributed by atoms with Crippen molar-refractivity contribution in [2.45, 2.75) is 67.5 Å². The summed E-state index contributed by atoms with van der Waals surface area (Å²) in [4.78, 5) is 15.5. The molecule has 4 heterocycles. The van der Waals surface area contributed by atoms with Gasteiger partial charge in [0.2, 0.25) is 0 Å². The Morgan fingerprint density at radius 1 is 0.579 bits per heavy atom. The fraction of sp³-hybridized carbons (Fsp3) is 0.500. The molecule has 10 nitrogen and oxygen atoms in total. The summed E-state index contributed by atoms with van der Waals surface area (Å²) in [5.41, 5.74) is 14.5. The molecule has 0 saturated heterocycles. The molecule has 0 unspecified atom stereocenters. The summed E-state index contributed by atoms with van der Waals surface area (Å²) in [5, 5.41) is 13.4. The molecule has 2 aromatic carbocycles. The minimum absolute atomic E-state index is 0.409. The number of aromatic nitrogens is 4. The molecular formula is C28H42N10. The molecule has 0 aliphatic carbocycles. The van der Waals surface area contributed by atoms with Gasteiger partial charge in [0.05, 0.1) is 57.5 Å². The van der Waals surface area contributed by atoms with Gasteiger partial charge in [0.25, 0.3) is 0 Å². The molecule has 4 aromatic rings. The normalized spacial score (nSPS) is 15.9. The highest BCUT2D eigenvalue weighted by Gasteiger charge is 2.36. The summed E-state index contributed by atoms with van der Waals surface area (Å²) in [5.74, 6) is 0. The number of fused-ring (bicyclic) bond motifs is 4. The van der Waals surface area contributed by atoms with Crippen LogP contribution in [0.3, 0.4) is 0 Å². The fourth-order valence-corrected chi connectivity index (χ4v) is 6.49. The minimum atomic E-state index is 0.409. The monoisotopic (exact) mass is 518 g/mol. The van der Waals surface area contributed by atoms with E-state index in [-0.39, 0.29) is 0 Å². The standard InChI is InChI=1S/2C14H21N5/c1-8(2)19-14-10(4)12-11(15-7-16-12)9(3)13(14)17(5)18(19)6;1-8(2)19-17(5)13-9(3)11-12(16-7-15-11)10(4)14(13)18(19)6/h2*7-8H,1-6H3,(H,15,16). The first-order valence-electron chi connectivity index (χ1n) is 13.4. The van der Waals surface area contributed by atoms with Crippen molar-refractivity contribution < 1.29 is 0 Å². The minimum Gasteiger partial charge on any atom is -0.344 e. The topological polar surface area (TPSA) is 76.8 Å². The molecule has 0 bridgehead atoms. The van der Waals surface area contributed by atoms with E-state index in [4.69, 9.17) is 0 Å². The predicted octanol–water partition coefficient (Wildman–Crippen LogP) is 5.21. The molecule has 2 N–H and O–H groups in total. The Hall–Kier alpha value is -3.50. The Kier molecular flexibility index (Phi) is 6.23. The molecule has 0 radical (unpaired) electrons. The number of nitrogens with zero attached hydrogens (tertiary/aromatic N) is 8. The van der Waals surface area contributed by atoms with Gasteiger partial charge in [-0.05, 0) is 55.4 Å². The number of aryl methyl sites for hydroxylation is 4. The van der Waals surface area contributed by atoms with E-state index in [2.05, 4.69) is 134 Å². The number of hydrogen-bond donors (Lipinski definition) is 2. The lowest BCUT2D eigenvalue weighted by molar-refractivity contribution is 0.219. The lowest BCUT2D eigenvalue weighted by Gasteiger charge is -2.34. The second kappa shape index (κ2) is 9.06. The van der Waals surface area contributed by atoms with Crippen LogP contribution in [-0.2, 0) is 0 Å². The lowest BCUT2D eigenvalue weighted by atomic mass is 10.0. The molecule has 0 atom stereocenters. The largest absolute Gasteiger partial charge is 0.344 e. The molecule has 38 heavy (non-hydrogen) atoms. The van der Waals surface area contributed by atoms with Crippen LogP contribution in [0.25, 0.3) is 22.1 Å². The highest BCUT2D eigenvalue weighted by atomic mass is 15.9. The zero-order valence-electron chi connectivity index (χ0n) is 24.9. The van der Waals surface area contributed by atoms with E-state index < -0.39 is 0 Å². The van der Waals surface area contributed by atoms with E-state index in [0.717, 1.165) is 22.1 Å². The van der Waals surface area contributed by atoms with Gasteiger partial charge in [-0.1, -0.05) is 0 Å². The van der Waals surface area contributed by atoms with Gasteiger partial charge in [-0.3, -0.25) is 20.0 Å². The van der Waals surface area contributed by atoms with Crippen LogP contribution in [0.5, 0.6) is 0 Å². The fourth-order valence-electron chi connectivity index (χ4n) is 6.49. The first kappa shape index (κ1) is 26.1. The molecule has 10 heteroatoms. The zero-order valence-corrected chi connectivity index (χ0v) is 24.9. The van der Waals surface area contributed by atoms with Gasteiger partial charge in [0.15, 0.2) is 0 Å². The van der Waals surface area contributed by atoms with E-state index >= 15 is 0 Å². The quantitative estimate of drug-likeness (QED) is 0.374. The highest BCUT2D eigenvalue weighted by molar-refractivity contribution is 5.98. The predicted molar refractivity (Wildman–Crippen MR) is 159 cm³/mol. The van der Waals surface area contributed by atoms with Crippen LogP contribution < -0.4 is 20.0 Å². The highest BCUT2D eigenvalue weighted by Crippen LogP contribution is 2.47. The van der Waals surface area contributed by atoms with Crippen LogP contribution in [0, 0.1) is 27.7 Å². The Bertz CT molecular complexity index is 1460. The SMILES string of the molecule is Cc1c2c(c(C)c3[nH]cnc13)N(C(C)C)N(C)N2C.Cc1c2c(c(C)c3[nH]cnc13)N(C)N(C(C)C)N2C. The Balaban J connectivity index is 0.000000155. The van der Waals surface area contributed by atoms with E-state index in [1.807, 2.05) is 0 Å². The summed E-state index contributed by atoms with van der Waals surface area (Å²) in [6, 6.07) is 0.819. The zero-order chi connectivity index (χ0) is 27.8. The van der Waals surface area contributed by atoms with Gasteiger partial charge in [-0.15, -0.1) is 10.2 Å². The maximum atomic E-state index is 4.47. The van der Waals surface area contributed by atoms with Crippen LogP contribution >= 0.6 is 0 Å². The average Bonchev–Trinajstić information content (AvgIpc) is 3.62. The number of imidazole rings is 2. The van der Waals surface area contributed by atoms with Crippen LogP contribution in [0.1, 0.15) is 49.9 Å². The van der Waals surface area contributed by atoms with Crippen LogP contribution in [0.4, 0.5) is 22.7 Å². The summed E-state index contributed by atoms with van der Waals surface area (Å²) in [6.45, 7) is 17.5. The first-order valence-corrected chi connectivity index (χ1v) is 13.4. The van der Waals surface area contributed by atoms with Crippen molar-refractivity contribution in [1.29, 1.82) is 0 Å². The van der Waals surface area contributed by atoms with Crippen molar-refractivity contribution in [3.8, 4) is 0 Å². The number of benzene rings is 2. The summed E-state index contributed by atoms with van der Waals surface area (Å²) in [6.07, 6.45) is 3.56. The van der Waals surface area contributed by atoms with Gasteiger partial charge >= 0.3 is 0 Å². The van der Waals surface area contributed by atoms with E-state index in [0.29, 0.717) is 12.1 Å². The third kappa shape index (κ3) is 3.46. The van der Waals surface area contributed by atoms with Crippen molar-refractivity contribution in [3.05, 3.63) is 34.9 Å². The second-order valence-corrected chi connectivity index (χ2v) is 11.1. The van der Waals surface area contributed by atoms with Crippen LogP contribution in [-0.4, -0.2) is 70.4 Å². The molecule has 2 aromatic heterocycles. The summed E-state index contributed by atoms with van der Waals surface area (Å²) < 4.78 is 0. The third-order valence-corrected chi connectivity index (χ3v) is 8.12. The number of rotatable bonds is 2. The molecule has 204 valence electrons. The van der Waals surface area contributed by atoms with Crippen molar-refractivity contribution in [2.24, 2.45) is 0 Å². The molecule has 0 spiro atoms. The van der Waals surface area contributed by atoms with Crippen molar-refractivity contribution in [1.82, 2.24) is 30.2 Å². The second-order valence-electron chi connectivity index (χ2n) is 11.1. The van der Waals surface area contributed by atoms with E-state index in [1.54, 1.807) is 12.7 Å². The number of H-pyrrole nitrogens is 2. The van der Waals surface area contributed by atoms with Gasteiger partial charge in [0, 0.05) is 62.5 Å². The molecular weight excluding hydrogens is 476 g/mol. The number of hydrogen-bond acceptors (Lipinski definition) is 8. The molecule has 0 amide bonds. The van der Waals surface area contributed by atoms with Gasteiger partial charge in [0.1, 0.15) is 0 Å². The number of aromatic amines is 2. The average molecular weight is 519 g/mol. The Labute approximate surface area is 225 Å². The molecule has 0 saturated carbocycles. The van der Waals surface area contributed by atoms with E-state index in [1.165, 1.54) is 45.0 Å². The van der Waals surface area contributed by atoms with Crippen molar-refractivity contribution in [2.75, 3.05) is 48.2 Å². The van der Waals surface area contributed by atoms with Gasteiger partial charge < -0.3 is 9.97 Å². The Morgan fingerprint density at radius 3 is 1.45 bits per heavy atom. The number of hydrazine groups is 4. The smallest absolute Gasteiger partial charge is 0.0937 e. The van der Waals surface area contributed by atoms with Gasteiger partial charge in [-0.25, -0.2) is 9.97 Å². The summed E-state index contributed by atoms with van der Waals surface area (Å²) in [7, 11) is 8.44. The van der Waals surface area contributed by atoms with Crippen molar-refractivity contribution >= 4 is 44.8 Å². The molecule has 2 aliphatic heterocycles. The molecule has 0 fully saturated rings. The molecule has 6 rings (SSSR count). The maximum absolute atomic E-state index is 4.47. The van der Waals surface area contributed by atoms with Gasteiger partial charge in [-0.2, -0.15) is 0 Å². The summed E-state index contributed by atoms with van der Waals surface area (Å²) >= 11 is 0. The first-order chi connectivity index (χ1) is 17.9. The maximum Gasteiger partial charge on any atom is 0.0937 e. The third-order valence-electron chi connectivity index (χ3n) is 8.12. The molecule has 2 aliphatic rings. The number of anilines is 4. The van der Waals surface area contributed by atoms with Crippen molar-refractivity contribution in [3.63, 3.8) is 0 Å².